The van der Waals surface area contributed by atoms with Gasteiger partial charge in [-0.1, -0.05) is 6.07 Å². The van der Waals surface area contributed by atoms with Gasteiger partial charge in [-0.2, -0.15) is 5.26 Å². The fourth-order valence-electron chi connectivity index (χ4n) is 2.06. The Morgan fingerprint density at radius 3 is 2.86 bits per heavy atom. The van der Waals surface area contributed by atoms with Crippen molar-refractivity contribution < 1.29 is 23.1 Å². The summed E-state index contributed by atoms with van der Waals surface area (Å²) in [6, 6.07) is 7.53. The lowest BCUT2D eigenvalue weighted by Crippen LogP contribution is -2.33. The van der Waals surface area contributed by atoms with Crippen molar-refractivity contribution in [2.24, 2.45) is 0 Å². The van der Waals surface area contributed by atoms with Crippen molar-refractivity contribution in [3.63, 3.8) is 0 Å². The monoisotopic (exact) mass is 310 g/mol. The molecule has 112 valence electrons. The summed E-state index contributed by atoms with van der Waals surface area (Å²) in [5, 5.41) is 17.6. The van der Waals surface area contributed by atoms with E-state index in [1.165, 1.54) is 24.3 Å². The molecule has 2 atom stereocenters. The second kappa shape index (κ2) is 6.22. The Morgan fingerprint density at radius 2 is 2.24 bits per heavy atom. The zero-order chi connectivity index (χ0) is 15.5. The first-order valence-electron chi connectivity index (χ1n) is 6.30. The molecule has 1 aromatic rings. The Kier molecular flexibility index (Phi) is 4.57. The van der Waals surface area contributed by atoms with E-state index in [0.29, 0.717) is 12.8 Å². The lowest BCUT2D eigenvalue weighted by molar-refractivity contribution is -0.149. The number of rotatable bonds is 5. The Morgan fingerprint density at radius 1 is 1.48 bits per heavy atom. The normalized spacial score (nSPS) is 21.9. The van der Waals surface area contributed by atoms with Crippen LogP contribution in [0.25, 0.3) is 0 Å². The van der Waals surface area contributed by atoms with Crippen LogP contribution < -0.4 is 4.72 Å². The van der Waals surface area contributed by atoms with E-state index in [4.69, 9.17) is 15.1 Å². The number of hydrogen-bond acceptors (Lipinski definition) is 5. The number of hydrogen-bond donors (Lipinski definition) is 2. The molecule has 2 rings (SSSR count). The highest BCUT2D eigenvalue weighted by atomic mass is 32.2. The molecule has 0 amide bonds. The van der Waals surface area contributed by atoms with Gasteiger partial charge in [0.25, 0.3) is 0 Å². The van der Waals surface area contributed by atoms with Crippen molar-refractivity contribution >= 4 is 16.0 Å². The van der Waals surface area contributed by atoms with Crippen LogP contribution in [-0.2, 0) is 19.6 Å². The van der Waals surface area contributed by atoms with E-state index in [9.17, 15) is 13.2 Å². The average Bonchev–Trinajstić information content (AvgIpc) is 2.94. The largest absolute Gasteiger partial charge is 0.479 e. The van der Waals surface area contributed by atoms with Crippen molar-refractivity contribution in [1.29, 1.82) is 5.26 Å². The predicted molar refractivity (Wildman–Crippen MR) is 71.9 cm³/mol. The number of carboxylic acid groups (broad SMARTS) is 1. The smallest absolute Gasteiger partial charge is 0.332 e. The van der Waals surface area contributed by atoms with Crippen LogP contribution in [0, 0.1) is 11.3 Å². The quantitative estimate of drug-likeness (QED) is 0.816. The standard InChI is InChI=1S/C13H14N2O5S/c14-7-9-2-1-3-11(6-9)21(18,19)15-8-10-4-5-12(20-10)13(16)17/h1-3,6,10,12,15H,4-5,8H2,(H,16,17). The Bertz CT molecular complexity index is 680. The second-order valence-electron chi connectivity index (χ2n) is 4.65. The van der Waals surface area contributed by atoms with Crippen molar-refractivity contribution in [2.45, 2.75) is 29.9 Å². The molecule has 1 heterocycles. The first-order chi connectivity index (χ1) is 9.92. The molecule has 0 saturated carbocycles. The third-order valence-electron chi connectivity index (χ3n) is 3.16. The fraction of sp³-hybridized carbons (Fsp3) is 0.385. The minimum atomic E-state index is -3.75. The number of nitrogens with one attached hydrogen (secondary N) is 1. The second-order valence-corrected chi connectivity index (χ2v) is 6.42. The van der Waals surface area contributed by atoms with Gasteiger partial charge >= 0.3 is 5.97 Å². The number of nitrogens with zero attached hydrogens (tertiary/aromatic N) is 1. The van der Waals surface area contributed by atoms with Gasteiger partial charge in [0.15, 0.2) is 6.10 Å². The third kappa shape index (κ3) is 3.78. The highest BCUT2D eigenvalue weighted by Gasteiger charge is 2.31. The molecule has 0 aliphatic carbocycles. The van der Waals surface area contributed by atoms with Gasteiger partial charge in [0.05, 0.1) is 22.6 Å². The fourth-order valence-corrected chi connectivity index (χ4v) is 3.17. The number of carboxylic acids is 1. The molecule has 21 heavy (non-hydrogen) atoms. The van der Waals surface area contributed by atoms with Crippen LogP contribution in [0.15, 0.2) is 29.2 Å². The molecule has 1 aromatic carbocycles. The first-order valence-corrected chi connectivity index (χ1v) is 7.79. The zero-order valence-electron chi connectivity index (χ0n) is 11.0. The SMILES string of the molecule is N#Cc1cccc(S(=O)(=O)NCC2CCC(C(=O)O)O2)c1. The van der Waals surface area contributed by atoms with Gasteiger partial charge < -0.3 is 9.84 Å². The maximum absolute atomic E-state index is 12.1. The lowest BCUT2D eigenvalue weighted by atomic mass is 10.2. The molecule has 0 spiro atoms. The van der Waals surface area contributed by atoms with E-state index in [-0.39, 0.29) is 17.0 Å². The molecule has 1 fully saturated rings. The molecule has 0 aromatic heterocycles. The molecular weight excluding hydrogens is 296 g/mol. The van der Waals surface area contributed by atoms with Gasteiger partial charge in [0.1, 0.15) is 0 Å². The highest BCUT2D eigenvalue weighted by molar-refractivity contribution is 7.89. The van der Waals surface area contributed by atoms with Crippen molar-refractivity contribution in [3.05, 3.63) is 29.8 Å². The van der Waals surface area contributed by atoms with Crippen molar-refractivity contribution in [3.8, 4) is 6.07 Å². The molecule has 2 N–H and O–H groups in total. The molecular formula is C13H14N2O5S. The van der Waals surface area contributed by atoms with Gasteiger partial charge in [-0.25, -0.2) is 17.9 Å². The molecule has 8 heteroatoms. The molecule has 0 radical (unpaired) electrons. The summed E-state index contributed by atoms with van der Waals surface area (Å²) >= 11 is 0. The average molecular weight is 310 g/mol. The summed E-state index contributed by atoms with van der Waals surface area (Å²) in [6.45, 7) is 0.00287. The lowest BCUT2D eigenvalue weighted by Gasteiger charge is -2.12. The maximum atomic E-state index is 12.1. The van der Waals surface area contributed by atoms with Gasteiger partial charge in [0, 0.05) is 6.54 Å². The summed E-state index contributed by atoms with van der Waals surface area (Å²) in [6.07, 6.45) is -0.481. The number of sulfonamides is 1. The maximum Gasteiger partial charge on any atom is 0.332 e. The molecule has 2 unspecified atom stereocenters. The van der Waals surface area contributed by atoms with Gasteiger partial charge in [0.2, 0.25) is 10.0 Å². The van der Waals surface area contributed by atoms with Gasteiger partial charge in [-0.3, -0.25) is 0 Å². The van der Waals surface area contributed by atoms with Crippen LogP contribution in [0.5, 0.6) is 0 Å². The van der Waals surface area contributed by atoms with E-state index in [1.807, 2.05) is 6.07 Å². The van der Waals surface area contributed by atoms with Crippen LogP contribution in [-0.4, -0.2) is 38.2 Å². The van der Waals surface area contributed by atoms with Crippen LogP contribution in [0.3, 0.4) is 0 Å². The van der Waals surface area contributed by atoms with Crippen LogP contribution in [0.2, 0.25) is 0 Å². The number of ether oxygens (including phenoxy) is 1. The van der Waals surface area contributed by atoms with Crippen LogP contribution in [0.1, 0.15) is 18.4 Å². The number of nitriles is 1. The summed E-state index contributed by atoms with van der Waals surface area (Å²) in [7, 11) is -3.75. The minimum Gasteiger partial charge on any atom is -0.479 e. The van der Waals surface area contributed by atoms with Crippen molar-refractivity contribution in [2.75, 3.05) is 6.54 Å². The predicted octanol–water partition coefficient (Wildman–Crippen LogP) is 0.469. The van der Waals surface area contributed by atoms with E-state index >= 15 is 0 Å². The van der Waals surface area contributed by atoms with E-state index in [1.54, 1.807) is 0 Å². The van der Waals surface area contributed by atoms with Crippen LogP contribution >= 0.6 is 0 Å². The first kappa shape index (κ1) is 15.4. The van der Waals surface area contributed by atoms with E-state index < -0.39 is 28.2 Å². The molecule has 1 aliphatic rings. The summed E-state index contributed by atoms with van der Waals surface area (Å²) in [4.78, 5) is 10.7. The summed E-state index contributed by atoms with van der Waals surface area (Å²) in [5.74, 6) is -1.04. The summed E-state index contributed by atoms with van der Waals surface area (Å²) in [5.41, 5.74) is 0.251. The summed E-state index contributed by atoms with van der Waals surface area (Å²) < 4.78 is 31.8. The highest BCUT2D eigenvalue weighted by Crippen LogP contribution is 2.20. The van der Waals surface area contributed by atoms with Crippen LogP contribution in [0.4, 0.5) is 0 Å². The number of aliphatic carboxylic acids is 1. The Hall–Kier alpha value is -1.95. The van der Waals surface area contributed by atoms with Gasteiger partial charge in [-0.15, -0.1) is 0 Å². The third-order valence-corrected chi connectivity index (χ3v) is 4.58. The zero-order valence-corrected chi connectivity index (χ0v) is 11.8. The van der Waals surface area contributed by atoms with E-state index in [0.717, 1.165) is 0 Å². The topological polar surface area (TPSA) is 116 Å². The number of carbonyl (C=O) groups is 1. The molecule has 1 aliphatic heterocycles. The molecule has 1 saturated heterocycles. The Balaban J connectivity index is 1.99. The van der Waals surface area contributed by atoms with E-state index in [2.05, 4.69) is 4.72 Å². The molecule has 0 bridgehead atoms. The Labute approximate surface area is 122 Å². The van der Waals surface area contributed by atoms with Crippen molar-refractivity contribution in [1.82, 2.24) is 4.72 Å². The molecule has 7 nitrogen and oxygen atoms in total. The van der Waals surface area contributed by atoms with Gasteiger partial charge in [-0.05, 0) is 31.0 Å². The number of benzene rings is 1. The minimum absolute atomic E-state index is 0.00287.